The minimum atomic E-state index is -0.789. The first kappa shape index (κ1) is 52.1. The highest BCUT2D eigenvalue weighted by atomic mass is 16.6. The van der Waals surface area contributed by atoms with Crippen molar-refractivity contribution in [2.45, 2.75) is 219 Å². The van der Waals surface area contributed by atoms with E-state index >= 15 is 0 Å². The summed E-state index contributed by atoms with van der Waals surface area (Å²) in [5, 5.41) is 0. The first-order chi connectivity index (χ1) is 27.0. The van der Waals surface area contributed by atoms with Crippen LogP contribution in [0, 0.1) is 0 Å². The summed E-state index contributed by atoms with van der Waals surface area (Å²) in [4.78, 5) is 37.7. The van der Waals surface area contributed by atoms with Crippen molar-refractivity contribution in [2.75, 3.05) is 13.2 Å². The predicted molar refractivity (Wildman–Crippen MR) is 233 cm³/mol. The maximum Gasteiger partial charge on any atom is 0.306 e. The molecule has 1 unspecified atom stereocenters. The van der Waals surface area contributed by atoms with Crippen LogP contribution in [0.25, 0.3) is 0 Å². The van der Waals surface area contributed by atoms with Gasteiger partial charge in [-0.15, -0.1) is 0 Å². The van der Waals surface area contributed by atoms with Gasteiger partial charge >= 0.3 is 17.9 Å². The molecule has 0 N–H and O–H groups in total. The number of ether oxygens (including phenoxy) is 3. The van der Waals surface area contributed by atoms with Crippen LogP contribution in [0.1, 0.15) is 213 Å². The van der Waals surface area contributed by atoms with Gasteiger partial charge in [0.25, 0.3) is 0 Å². The molecule has 0 aromatic rings. The van der Waals surface area contributed by atoms with Crippen LogP contribution < -0.4 is 0 Å². The summed E-state index contributed by atoms with van der Waals surface area (Å²) >= 11 is 0. The molecule has 0 aromatic heterocycles. The molecule has 0 fully saturated rings. The van der Waals surface area contributed by atoms with Crippen LogP contribution in [0.2, 0.25) is 0 Å². The Balaban J connectivity index is 4.44. The molecule has 0 aliphatic carbocycles. The molecule has 0 amide bonds. The fourth-order valence-electron chi connectivity index (χ4n) is 6.08. The molecule has 1 atom stereocenters. The summed E-state index contributed by atoms with van der Waals surface area (Å²) in [6, 6.07) is 0. The third-order valence-corrected chi connectivity index (χ3v) is 9.53. The molecule has 0 bridgehead atoms. The Morgan fingerprint density at radius 1 is 0.400 bits per heavy atom. The molecular weight excluding hydrogens is 685 g/mol. The van der Waals surface area contributed by atoms with Crippen molar-refractivity contribution in [3.05, 3.63) is 60.8 Å². The largest absolute Gasteiger partial charge is 0.462 e. The van der Waals surface area contributed by atoms with Gasteiger partial charge in [0, 0.05) is 19.3 Å². The maximum atomic E-state index is 12.7. The highest BCUT2D eigenvalue weighted by Crippen LogP contribution is 2.14. The van der Waals surface area contributed by atoms with E-state index in [0.717, 1.165) is 103 Å². The Hall–Kier alpha value is -2.89. The van der Waals surface area contributed by atoms with E-state index in [0.29, 0.717) is 19.3 Å². The number of hydrogen-bond acceptors (Lipinski definition) is 6. The van der Waals surface area contributed by atoms with Crippen molar-refractivity contribution in [3.63, 3.8) is 0 Å². The van der Waals surface area contributed by atoms with Gasteiger partial charge in [0.05, 0.1) is 0 Å². The zero-order chi connectivity index (χ0) is 40.1. The molecule has 0 radical (unpaired) electrons. The van der Waals surface area contributed by atoms with Gasteiger partial charge in [-0.05, 0) is 70.6 Å². The fraction of sp³-hybridized carbons (Fsp3) is 0.735. The lowest BCUT2D eigenvalue weighted by Gasteiger charge is -2.18. The maximum absolute atomic E-state index is 12.7. The monoisotopic (exact) mass is 769 g/mol. The zero-order valence-electron chi connectivity index (χ0n) is 35.9. The lowest BCUT2D eigenvalue weighted by atomic mass is 10.0. The highest BCUT2D eigenvalue weighted by Gasteiger charge is 2.19. The predicted octanol–water partition coefficient (Wildman–Crippen LogP) is 14.5. The Kier molecular flexibility index (Phi) is 41.5. The van der Waals surface area contributed by atoms with E-state index in [1.54, 1.807) is 0 Å². The zero-order valence-corrected chi connectivity index (χ0v) is 35.9. The smallest absolute Gasteiger partial charge is 0.306 e. The van der Waals surface area contributed by atoms with Crippen molar-refractivity contribution >= 4 is 17.9 Å². The third-order valence-electron chi connectivity index (χ3n) is 9.53. The van der Waals surface area contributed by atoms with Crippen molar-refractivity contribution < 1.29 is 28.6 Å². The molecule has 0 heterocycles. The second-order valence-corrected chi connectivity index (χ2v) is 15.0. The van der Waals surface area contributed by atoms with E-state index in [2.05, 4.69) is 81.5 Å². The van der Waals surface area contributed by atoms with Gasteiger partial charge in [-0.1, -0.05) is 184 Å². The summed E-state index contributed by atoms with van der Waals surface area (Å²) < 4.78 is 16.7. The third kappa shape index (κ3) is 42.1. The number of carbonyl (C=O) groups excluding carboxylic acids is 3. The van der Waals surface area contributed by atoms with Crippen LogP contribution in [0.5, 0.6) is 0 Å². The number of rotatable bonds is 40. The lowest BCUT2D eigenvalue weighted by molar-refractivity contribution is -0.167. The molecule has 0 saturated heterocycles. The molecule has 0 spiro atoms. The lowest BCUT2D eigenvalue weighted by Crippen LogP contribution is -2.30. The molecule has 0 aliphatic heterocycles. The average molecular weight is 769 g/mol. The van der Waals surface area contributed by atoms with E-state index in [-0.39, 0.29) is 31.1 Å². The van der Waals surface area contributed by atoms with Gasteiger partial charge in [0.15, 0.2) is 6.10 Å². The number of carbonyl (C=O) groups is 3. The van der Waals surface area contributed by atoms with Crippen molar-refractivity contribution in [1.82, 2.24) is 0 Å². The van der Waals surface area contributed by atoms with Gasteiger partial charge in [0.1, 0.15) is 13.2 Å². The van der Waals surface area contributed by atoms with Crippen LogP contribution in [-0.4, -0.2) is 37.2 Å². The normalized spacial score (nSPS) is 12.6. The number of esters is 3. The first-order valence-electron chi connectivity index (χ1n) is 22.8. The minimum absolute atomic E-state index is 0.0936. The van der Waals surface area contributed by atoms with Crippen LogP contribution in [-0.2, 0) is 28.6 Å². The molecule has 0 aromatic carbocycles. The van der Waals surface area contributed by atoms with E-state index in [9.17, 15) is 14.4 Å². The van der Waals surface area contributed by atoms with Crippen LogP contribution in [0.4, 0.5) is 0 Å². The standard InChI is InChI=1S/C49H84O6/c1-4-7-10-13-16-19-22-24-25-28-30-33-36-39-42-48(51)54-45-46(44-53-47(50)41-38-35-32-29-26-21-18-15-12-9-6-3)55-49(52)43-40-37-34-31-27-23-20-17-14-11-8-5-2/h7,10,15-16,18-19,21,24-26,46H,4-6,8-9,11-14,17,20,22-23,27-45H2,1-3H3/b10-7-,18-15-,19-16-,25-24-,26-21-. The number of hydrogen-bond donors (Lipinski definition) is 0. The van der Waals surface area contributed by atoms with Gasteiger partial charge in [-0.3, -0.25) is 14.4 Å². The molecule has 0 aliphatic rings. The van der Waals surface area contributed by atoms with Crippen LogP contribution in [0.3, 0.4) is 0 Å². The van der Waals surface area contributed by atoms with Crippen molar-refractivity contribution in [1.29, 1.82) is 0 Å². The topological polar surface area (TPSA) is 78.9 Å². The van der Waals surface area contributed by atoms with E-state index in [1.165, 1.54) is 70.6 Å². The van der Waals surface area contributed by atoms with Gasteiger partial charge in [0.2, 0.25) is 0 Å². The summed E-state index contributed by atoms with van der Waals surface area (Å²) in [5.74, 6) is -0.945. The molecule has 6 nitrogen and oxygen atoms in total. The van der Waals surface area contributed by atoms with Crippen molar-refractivity contribution in [3.8, 4) is 0 Å². The summed E-state index contributed by atoms with van der Waals surface area (Å²) in [5.41, 5.74) is 0. The quantitative estimate of drug-likeness (QED) is 0.0203. The SMILES string of the molecule is CC/C=C\C/C=C\C/C=C\CCCCCCC(=O)OCC(COC(=O)CCCCC/C=C\C=C/CCCC)OC(=O)CCCCCCCCCCCCCC. The second-order valence-electron chi connectivity index (χ2n) is 15.0. The Morgan fingerprint density at radius 3 is 1.29 bits per heavy atom. The minimum Gasteiger partial charge on any atom is -0.462 e. The Labute approximate surface area is 339 Å². The summed E-state index contributed by atoms with van der Waals surface area (Å²) in [7, 11) is 0. The Bertz CT molecular complexity index is 1020. The molecule has 0 rings (SSSR count). The Morgan fingerprint density at radius 2 is 0.782 bits per heavy atom. The van der Waals surface area contributed by atoms with E-state index in [1.807, 2.05) is 0 Å². The summed E-state index contributed by atoms with van der Waals surface area (Å²) in [6.45, 7) is 6.41. The first-order valence-corrected chi connectivity index (χ1v) is 22.8. The summed E-state index contributed by atoms with van der Waals surface area (Å²) in [6.07, 6.45) is 52.0. The van der Waals surface area contributed by atoms with E-state index < -0.39 is 6.10 Å². The fourth-order valence-corrected chi connectivity index (χ4v) is 6.08. The second kappa shape index (κ2) is 43.8. The van der Waals surface area contributed by atoms with Gasteiger partial charge < -0.3 is 14.2 Å². The molecule has 6 heteroatoms. The average Bonchev–Trinajstić information content (AvgIpc) is 3.18. The molecule has 316 valence electrons. The highest BCUT2D eigenvalue weighted by molar-refractivity contribution is 5.71. The molecule has 0 saturated carbocycles. The number of allylic oxidation sites excluding steroid dienone is 10. The molecular formula is C49H84O6. The number of unbranched alkanes of at least 4 members (excludes halogenated alkanes) is 20. The van der Waals surface area contributed by atoms with Crippen molar-refractivity contribution in [2.24, 2.45) is 0 Å². The van der Waals surface area contributed by atoms with E-state index in [4.69, 9.17) is 14.2 Å². The molecule has 55 heavy (non-hydrogen) atoms. The van der Waals surface area contributed by atoms with Crippen LogP contribution >= 0.6 is 0 Å². The van der Waals surface area contributed by atoms with Gasteiger partial charge in [-0.2, -0.15) is 0 Å². The van der Waals surface area contributed by atoms with Crippen LogP contribution in [0.15, 0.2) is 60.8 Å². The van der Waals surface area contributed by atoms with Gasteiger partial charge in [-0.25, -0.2) is 0 Å².